The van der Waals surface area contributed by atoms with Gasteiger partial charge in [-0.3, -0.25) is 5.43 Å². The molecule has 4 N–H and O–H groups in total. The molecule has 0 bridgehead atoms. The number of hydrogen-bond acceptors (Lipinski definition) is 7. The molecule has 0 aromatic carbocycles. The highest BCUT2D eigenvalue weighted by Crippen LogP contribution is 2.29. The first-order valence-electron chi connectivity index (χ1n) is 5.20. The molecule has 0 atom stereocenters. The normalized spacial score (nSPS) is 11.3. The van der Waals surface area contributed by atoms with Gasteiger partial charge in [0.15, 0.2) is 5.82 Å². The zero-order valence-electron chi connectivity index (χ0n) is 9.94. The minimum absolute atomic E-state index is 0.303. The number of nitrogen functional groups attached to an aromatic ring is 1. The lowest BCUT2D eigenvalue weighted by molar-refractivity contribution is 0.601. The first-order valence-corrected chi connectivity index (χ1v) is 6.46. The quantitative estimate of drug-likeness (QED) is 0.589. The maximum atomic E-state index is 6.05. The zero-order valence-corrected chi connectivity index (χ0v) is 11.5. The van der Waals surface area contributed by atoms with Crippen LogP contribution in [0.3, 0.4) is 0 Å². The SMILES string of the molecule is CC(C)(Nc1nc(NN)ncc1Cl)c1nccs1. The topological polar surface area (TPSA) is 88.8 Å². The van der Waals surface area contributed by atoms with E-state index < -0.39 is 0 Å². The number of aromatic nitrogens is 3. The molecule has 0 spiro atoms. The van der Waals surface area contributed by atoms with Crippen LogP contribution < -0.4 is 16.6 Å². The molecular weight excluding hydrogens is 272 g/mol. The van der Waals surface area contributed by atoms with E-state index in [9.17, 15) is 0 Å². The van der Waals surface area contributed by atoms with Crippen molar-refractivity contribution in [2.24, 2.45) is 5.84 Å². The fraction of sp³-hybridized carbons (Fsp3) is 0.300. The van der Waals surface area contributed by atoms with Crippen molar-refractivity contribution in [1.82, 2.24) is 15.0 Å². The van der Waals surface area contributed by atoms with Crippen LogP contribution in [0, 0.1) is 0 Å². The Morgan fingerprint density at radius 1 is 1.39 bits per heavy atom. The first-order chi connectivity index (χ1) is 8.53. The van der Waals surface area contributed by atoms with E-state index in [0.29, 0.717) is 16.8 Å². The smallest absolute Gasteiger partial charge is 0.239 e. The molecule has 0 aliphatic heterocycles. The van der Waals surface area contributed by atoms with E-state index in [-0.39, 0.29) is 5.54 Å². The maximum Gasteiger partial charge on any atom is 0.239 e. The number of halogens is 1. The fourth-order valence-electron chi connectivity index (χ4n) is 1.41. The van der Waals surface area contributed by atoms with Gasteiger partial charge in [0.05, 0.1) is 11.7 Å². The van der Waals surface area contributed by atoms with Crippen LogP contribution >= 0.6 is 22.9 Å². The standard InChI is InChI=1S/C10H13ClN6S/c1-10(2,8-13-3-4-18-8)16-7-6(11)5-14-9(15-7)17-12/h3-5H,12H2,1-2H3,(H2,14,15,16,17). The van der Waals surface area contributed by atoms with Gasteiger partial charge in [-0.05, 0) is 13.8 Å². The van der Waals surface area contributed by atoms with Crippen LogP contribution in [-0.4, -0.2) is 15.0 Å². The molecule has 0 amide bonds. The van der Waals surface area contributed by atoms with Crippen LogP contribution in [0.2, 0.25) is 5.02 Å². The summed E-state index contributed by atoms with van der Waals surface area (Å²) in [6.45, 7) is 4.00. The van der Waals surface area contributed by atoms with Crippen molar-refractivity contribution in [3.8, 4) is 0 Å². The summed E-state index contributed by atoms with van der Waals surface area (Å²) in [7, 11) is 0. The van der Waals surface area contributed by atoms with Gasteiger partial charge in [-0.2, -0.15) is 4.98 Å². The summed E-state index contributed by atoms with van der Waals surface area (Å²) < 4.78 is 0. The fourth-order valence-corrected chi connectivity index (χ4v) is 2.26. The largest absolute Gasteiger partial charge is 0.357 e. The average Bonchev–Trinajstić information content (AvgIpc) is 2.86. The summed E-state index contributed by atoms with van der Waals surface area (Å²) in [6, 6.07) is 0. The summed E-state index contributed by atoms with van der Waals surface area (Å²) in [5, 5.41) is 6.53. The van der Waals surface area contributed by atoms with Crippen LogP contribution in [0.1, 0.15) is 18.9 Å². The van der Waals surface area contributed by atoms with Gasteiger partial charge < -0.3 is 5.32 Å². The summed E-state index contributed by atoms with van der Waals surface area (Å²) in [6.07, 6.45) is 3.25. The van der Waals surface area contributed by atoms with Crippen molar-refractivity contribution in [3.05, 3.63) is 27.8 Å². The highest BCUT2D eigenvalue weighted by atomic mass is 35.5. The average molecular weight is 285 g/mol. The lowest BCUT2D eigenvalue weighted by Crippen LogP contribution is -2.28. The lowest BCUT2D eigenvalue weighted by Gasteiger charge is -2.25. The molecule has 0 aliphatic rings. The van der Waals surface area contributed by atoms with E-state index in [4.69, 9.17) is 17.4 Å². The second-order valence-electron chi connectivity index (χ2n) is 4.12. The molecule has 0 saturated carbocycles. The Balaban J connectivity index is 2.28. The molecule has 0 unspecified atom stereocenters. The monoisotopic (exact) mass is 284 g/mol. The Morgan fingerprint density at radius 2 is 2.17 bits per heavy atom. The summed E-state index contributed by atoms with van der Waals surface area (Å²) >= 11 is 7.61. The number of thiazole rings is 1. The summed E-state index contributed by atoms with van der Waals surface area (Å²) in [5.41, 5.74) is 2.00. The zero-order chi connectivity index (χ0) is 13.2. The number of nitrogens with zero attached hydrogens (tertiary/aromatic N) is 3. The first kappa shape index (κ1) is 13.0. The third-order valence-corrected chi connectivity index (χ3v) is 3.64. The van der Waals surface area contributed by atoms with Crippen LogP contribution in [-0.2, 0) is 5.54 Å². The molecular formula is C10H13ClN6S. The van der Waals surface area contributed by atoms with E-state index in [1.165, 1.54) is 6.20 Å². The van der Waals surface area contributed by atoms with Crippen LogP contribution in [0.25, 0.3) is 0 Å². The van der Waals surface area contributed by atoms with Crippen LogP contribution in [0.15, 0.2) is 17.8 Å². The van der Waals surface area contributed by atoms with Crippen molar-refractivity contribution in [1.29, 1.82) is 0 Å². The minimum atomic E-state index is -0.377. The van der Waals surface area contributed by atoms with Crippen LogP contribution in [0.4, 0.5) is 11.8 Å². The van der Waals surface area contributed by atoms with Gasteiger partial charge in [0.1, 0.15) is 10.0 Å². The molecule has 2 heterocycles. The molecule has 2 aromatic rings. The van der Waals surface area contributed by atoms with Crippen molar-refractivity contribution >= 4 is 34.7 Å². The number of nitrogens with two attached hydrogens (primary N) is 1. The number of nitrogens with one attached hydrogen (secondary N) is 2. The van der Waals surface area contributed by atoms with E-state index in [1.54, 1.807) is 17.5 Å². The van der Waals surface area contributed by atoms with Crippen molar-refractivity contribution < 1.29 is 0 Å². The Kier molecular flexibility index (Phi) is 3.65. The molecule has 0 radical (unpaired) electrons. The van der Waals surface area contributed by atoms with E-state index >= 15 is 0 Å². The number of anilines is 2. The number of hydrazine groups is 1. The highest BCUT2D eigenvalue weighted by molar-refractivity contribution is 7.09. The lowest BCUT2D eigenvalue weighted by atomic mass is 10.1. The third-order valence-electron chi connectivity index (χ3n) is 2.27. The summed E-state index contributed by atoms with van der Waals surface area (Å²) in [4.78, 5) is 12.4. The molecule has 8 heteroatoms. The third kappa shape index (κ3) is 2.69. The van der Waals surface area contributed by atoms with E-state index in [2.05, 4.69) is 25.7 Å². The van der Waals surface area contributed by atoms with Crippen molar-refractivity contribution in [2.75, 3.05) is 10.7 Å². The minimum Gasteiger partial charge on any atom is -0.357 e. The Morgan fingerprint density at radius 3 is 2.78 bits per heavy atom. The van der Waals surface area contributed by atoms with Crippen molar-refractivity contribution in [2.45, 2.75) is 19.4 Å². The molecule has 6 nitrogen and oxygen atoms in total. The predicted molar refractivity (Wildman–Crippen MR) is 73.6 cm³/mol. The second kappa shape index (κ2) is 5.05. The molecule has 96 valence electrons. The second-order valence-corrected chi connectivity index (χ2v) is 5.42. The Hall–Kier alpha value is -1.44. The molecule has 0 aliphatic carbocycles. The van der Waals surface area contributed by atoms with Gasteiger partial charge in [0.2, 0.25) is 5.95 Å². The number of rotatable bonds is 4. The molecule has 2 rings (SSSR count). The highest BCUT2D eigenvalue weighted by Gasteiger charge is 2.24. The number of hydrogen-bond donors (Lipinski definition) is 3. The van der Waals surface area contributed by atoms with Gasteiger partial charge in [-0.1, -0.05) is 11.6 Å². The van der Waals surface area contributed by atoms with E-state index in [0.717, 1.165) is 5.01 Å². The summed E-state index contributed by atoms with van der Waals surface area (Å²) in [5.74, 6) is 6.09. The van der Waals surface area contributed by atoms with Gasteiger partial charge in [0.25, 0.3) is 0 Å². The molecule has 0 saturated heterocycles. The maximum absolute atomic E-state index is 6.05. The Bertz CT molecular complexity index is 527. The molecule has 0 fully saturated rings. The van der Waals surface area contributed by atoms with Gasteiger partial charge >= 0.3 is 0 Å². The molecule has 18 heavy (non-hydrogen) atoms. The predicted octanol–water partition coefficient (Wildman–Crippen LogP) is 2.22. The molecule has 2 aromatic heterocycles. The van der Waals surface area contributed by atoms with Crippen LogP contribution in [0.5, 0.6) is 0 Å². The van der Waals surface area contributed by atoms with Gasteiger partial charge in [-0.25, -0.2) is 15.8 Å². The van der Waals surface area contributed by atoms with Crippen molar-refractivity contribution in [3.63, 3.8) is 0 Å². The van der Waals surface area contributed by atoms with Gasteiger partial charge in [0, 0.05) is 11.6 Å². The van der Waals surface area contributed by atoms with E-state index in [1.807, 2.05) is 19.2 Å². The van der Waals surface area contributed by atoms with Gasteiger partial charge in [-0.15, -0.1) is 11.3 Å². The Labute approximate surface area is 114 Å².